The number of amides is 1. The maximum absolute atomic E-state index is 11.5. The Morgan fingerprint density at radius 1 is 1.56 bits per heavy atom. The molecular weight excluding hydrogens is 228 g/mol. The van der Waals surface area contributed by atoms with Crippen LogP contribution in [0.15, 0.2) is 18.2 Å². The van der Waals surface area contributed by atoms with Crippen LogP contribution in [0.4, 0.5) is 5.69 Å². The van der Waals surface area contributed by atoms with Crippen molar-refractivity contribution in [1.82, 2.24) is 0 Å². The molecule has 1 atom stereocenters. The summed E-state index contributed by atoms with van der Waals surface area (Å²) in [4.78, 5) is 13.3. The summed E-state index contributed by atoms with van der Waals surface area (Å²) in [5.41, 5.74) is 8.47. The minimum absolute atomic E-state index is 0.0752. The molecule has 4 nitrogen and oxygen atoms in total. The molecule has 0 aliphatic carbocycles. The van der Waals surface area contributed by atoms with Crippen LogP contribution in [0.3, 0.4) is 0 Å². The van der Waals surface area contributed by atoms with Gasteiger partial charge in [-0.1, -0.05) is 12.1 Å². The van der Waals surface area contributed by atoms with Crippen LogP contribution in [-0.4, -0.2) is 24.1 Å². The van der Waals surface area contributed by atoms with Crippen LogP contribution in [0.2, 0.25) is 0 Å². The van der Waals surface area contributed by atoms with E-state index in [1.807, 2.05) is 18.2 Å². The fourth-order valence-electron chi connectivity index (χ4n) is 2.48. The maximum atomic E-state index is 11.5. The monoisotopic (exact) mass is 248 g/mol. The van der Waals surface area contributed by atoms with Crippen molar-refractivity contribution >= 4 is 11.6 Å². The Balaban J connectivity index is 2.29. The predicted octanol–water partition coefficient (Wildman–Crippen LogP) is 1.37. The molecule has 1 aromatic carbocycles. The number of rotatable bonds is 3. The summed E-state index contributed by atoms with van der Waals surface area (Å²) < 4.78 is 0. The van der Waals surface area contributed by atoms with Gasteiger partial charge in [0.2, 0.25) is 5.91 Å². The van der Waals surface area contributed by atoms with Crippen molar-refractivity contribution in [2.45, 2.75) is 32.3 Å². The molecule has 1 aliphatic heterocycles. The van der Waals surface area contributed by atoms with E-state index in [1.54, 1.807) is 11.8 Å². The van der Waals surface area contributed by atoms with Gasteiger partial charge in [-0.05, 0) is 43.0 Å². The van der Waals surface area contributed by atoms with Gasteiger partial charge in [0.1, 0.15) is 0 Å². The number of carbonyl (C=O) groups excluding carboxylic acids is 1. The second-order valence-electron chi connectivity index (χ2n) is 4.76. The Morgan fingerprint density at radius 3 is 3.00 bits per heavy atom. The number of aliphatic hydroxyl groups is 1. The Kier molecular flexibility index (Phi) is 3.99. The van der Waals surface area contributed by atoms with Gasteiger partial charge in [0.05, 0.1) is 6.10 Å². The van der Waals surface area contributed by atoms with Crippen molar-refractivity contribution in [2.75, 3.05) is 18.0 Å². The minimum atomic E-state index is -0.506. The molecule has 0 radical (unpaired) electrons. The first-order chi connectivity index (χ1) is 8.63. The Morgan fingerprint density at radius 2 is 2.33 bits per heavy atom. The zero-order valence-corrected chi connectivity index (χ0v) is 10.7. The van der Waals surface area contributed by atoms with Gasteiger partial charge in [-0.25, -0.2) is 0 Å². The molecule has 1 aliphatic rings. The van der Waals surface area contributed by atoms with Crippen molar-refractivity contribution in [3.63, 3.8) is 0 Å². The first-order valence-corrected chi connectivity index (χ1v) is 6.42. The highest BCUT2D eigenvalue weighted by molar-refractivity contribution is 5.92. The lowest BCUT2D eigenvalue weighted by Crippen LogP contribution is -2.33. The van der Waals surface area contributed by atoms with Gasteiger partial charge in [-0.15, -0.1) is 0 Å². The number of carbonyl (C=O) groups is 1. The molecule has 0 aromatic heterocycles. The average Bonchev–Trinajstić information content (AvgIpc) is 2.37. The summed E-state index contributed by atoms with van der Waals surface area (Å²) >= 11 is 0. The Labute approximate surface area is 107 Å². The van der Waals surface area contributed by atoms with E-state index in [0.29, 0.717) is 13.0 Å². The van der Waals surface area contributed by atoms with Crippen LogP contribution in [-0.2, 0) is 11.2 Å². The molecule has 0 saturated heterocycles. The van der Waals surface area contributed by atoms with Gasteiger partial charge in [0, 0.05) is 19.2 Å². The summed E-state index contributed by atoms with van der Waals surface area (Å²) in [6.07, 6.45) is 1.99. The van der Waals surface area contributed by atoms with Crippen LogP contribution in [0, 0.1) is 0 Å². The highest BCUT2D eigenvalue weighted by atomic mass is 16.3. The van der Waals surface area contributed by atoms with E-state index in [-0.39, 0.29) is 5.91 Å². The van der Waals surface area contributed by atoms with Crippen molar-refractivity contribution in [3.8, 4) is 0 Å². The topological polar surface area (TPSA) is 66.6 Å². The van der Waals surface area contributed by atoms with E-state index in [1.165, 1.54) is 0 Å². The van der Waals surface area contributed by atoms with Crippen LogP contribution >= 0.6 is 0 Å². The minimum Gasteiger partial charge on any atom is -0.388 e. The van der Waals surface area contributed by atoms with Gasteiger partial charge in [0.25, 0.3) is 0 Å². The number of aryl methyl sites for hydroxylation is 1. The number of benzene rings is 1. The van der Waals surface area contributed by atoms with Gasteiger partial charge in [-0.2, -0.15) is 0 Å². The molecule has 1 amide bonds. The molecule has 98 valence electrons. The van der Waals surface area contributed by atoms with Gasteiger partial charge < -0.3 is 15.7 Å². The summed E-state index contributed by atoms with van der Waals surface area (Å²) in [6.45, 7) is 2.84. The molecule has 18 heavy (non-hydrogen) atoms. The lowest BCUT2D eigenvalue weighted by Gasteiger charge is -2.29. The smallest absolute Gasteiger partial charge is 0.223 e. The van der Waals surface area contributed by atoms with Crippen molar-refractivity contribution < 1.29 is 9.90 Å². The molecule has 1 heterocycles. The second-order valence-corrected chi connectivity index (χ2v) is 4.76. The van der Waals surface area contributed by atoms with Crippen LogP contribution in [0.1, 0.15) is 37.0 Å². The standard InChI is InChI=1S/C14H20N2O2/c1-10(17)16-8-2-3-11-9-12(4-5-13(11)16)14(18)6-7-15/h4-5,9,14,18H,2-3,6-8,15H2,1H3. The number of hydrogen-bond acceptors (Lipinski definition) is 3. The largest absolute Gasteiger partial charge is 0.388 e. The molecule has 0 saturated carbocycles. The first-order valence-electron chi connectivity index (χ1n) is 6.42. The second kappa shape index (κ2) is 5.50. The fourth-order valence-corrected chi connectivity index (χ4v) is 2.48. The highest BCUT2D eigenvalue weighted by Crippen LogP contribution is 2.30. The lowest BCUT2D eigenvalue weighted by atomic mass is 9.96. The summed E-state index contributed by atoms with van der Waals surface area (Å²) in [5.74, 6) is 0.0752. The fraction of sp³-hybridized carbons (Fsp3) is 0.500. The molecule has 0 fully saturated rings. The molecule has 4 heteroatoms. The van der Waals surface area contributed by atoms with E-state index in [0.717, 1.165) is 36.2 Å². The van der Waals surface area contributed by atoms with E-state index < -0.39 is 6.10 Å². The third kappa shape index (κ3) is 2.54. The van der Waals surface area contributed by atoms with E-state index in [9.17, 15) is 9.90 Å². The number of hydrogen-bond donors (Lipinski definition) is 2. The van der Waals surface area contributed by atoms with Crippen LogP contribution in [0.25, 0.3) is 0 Å². The zero-order chi connectivity index (χ0) is 13.1. The van der Waals surface area contributed by atoms with Gasteiger partial charge >= 0.3 is 0 Å². The lowest BCUT2D eigenvalue weighted by molar-refractivity contribution is -0.116. The van der Waals surface area contributed by atoms with Crippen molar-refractivity contribution in [1.29, 1.82) is 0 Å². The average molecular weight is 248 g/mol. The number of aliphatic hydroxyl groups excluding tert-OH is 1. The predicted molar refractivity (Wildman–Crippen MR) is 71.4 cm³/mol. The van der Waals surface area contributed by atoms with Crippen LogP contribution < -0.4 is 10.6 Å². The number of nitrogens with zero attached hydrogens (tertiary/aromatic N) is 1. The van der Waals surface area contributed by atoms with Gasteiger partial charge in [0.15, 0.2) is 0 Å². The first kappa shape index (κ1) is 13.1. The molecule has 1 unspecified atom stereocenters. The summed E-state index contributed by atoms with van der Waals surface area (Å²) in [7, 11) is 0. The third-order valence-corrected chi connectivity index (χ3v) is 3.43. The molecular formula is C14H20N2O2. The molecule has 0 bridgehead atoms. The SMILES string of the molecule is CC(=O)N1CCCc2cc(C(O)CCN)ccc21. The normalized spacial score (nSPS) is 16.3. The Bertz CT molecular complexity index is 445. The van der Waals surface area contributed by atoms with Crippen molar-refractivity contribution in [3.05, 3.63) is 29.3 Å². The van der Waals surface area contributed by atoms with Gasteiger partial charge in [-0.3, -0.25) is 4.79 Å². The zero-order valence-electron chi connectivity index (χ0n) is 10.7. The molecule has 2 rings (SSSR count). The number of nitrogens with two attached hydrogens (primary N) is 1. The quantitative estimate of drug-likeness (QED) is 0.849. The molecule has 1 aromatic rings. The number of fused-ring (bicyclic) bond motifs is 1. The maximum Gasteiger partial charge on any atom is 0.223 e. The Hall–Kier alpha value is -1.39. The summed E-state index contributed by atoms with van der Waals surface area (Å²) in [5, 5.41) is 9.94. The van der Waals surface area contributed by atoms with Crippen molar-refractivity contribution in [2.24, 2.45) is 5.73 Å². The summed E-state index contributed by atoms with van der Waals surface area (Å²) in [6, 6.07) is 5.83. The van der Waals surface area contributed by atoms with E-state index in [2.05, 4.69) is 0 Å². The third-order valence-electron chi connectivity index (χ3n) is 3.43. The molecule has 3 N–H and O–H groups in total. The highest BCUT2D eigenvalue weighted by Gasteiger charge is 2.20. The van der Waals surface area contributed by atoms with E-state index in [4.69, 9.17) is 5.73 Å². The number of anilines is 1. The van der Waals surface area contributed by atoms with E-state index >= 15 is 0 Å². The molecule has 0 spiro atoms. The van der Waals surface area contributed by atoms with Crippen LogP contribution in [0.5, 0.6) is 0 Å².